The van der Waals surface area contributed by atoms with Gasteiger partial charge in [-0.2, -0.15) is 0 Å². The number of nitrogens with one attached hydrogen (secondary N) is 2. The molecule has 27 heavy (non-hydrogen) atoms. The van der Waals surface area contributed by atoms with Crippen LogP contribution in [0.4, 0.5) is 11.4 Å². The summed E-state index contributed by atoms with van der Waals surface area (Å²) in [6, 6.07) is 5.67. The Bertz CT molecular complexity index is 650. The summed E-state index contributed by atoms with van der Waals surface area (Å²) in [6.07, 6.45) is 6.96. The van der Waals surface area contributed by atoms with Crippen molar-refractivity contribution in [2.45, 2.75) is 58.0 Å². The van der Waals surface area contributed by atoms with Gasteiger partial charge in [0, 0.05) is 44.0 Å². The monoisotopic (exact) mass is 373 g/mol. The third kappa shape index (κ3) is 5.45. The number of nitrogens with zero attached hydrogens (tertiary/aromatic N) is 1. The van der Waals surface area contributed by atoms with Crippen molar-refractivity contribution in [1.82, 2.24) is 5.32 Å². The number of ether oxygens (including phenoxy) is 1. The number of rotatable bonds is 7. The predicted octanol–water partition coefficient (Wildman–Crippen LogP) is 3.32. The molecule has 2 heterocycles. The van der Waals surface area contributed by atoms with Crippen LogP contribution in [0.2, 0.25) is 0 Å². The number of amides is 2. The molecule has 2 saturated heterocycles. The minimum absolute atomic E-state index is 0.0195. The largest absolute Gasteiger partial charge is 0.376 e. The maximum atomic E-state index is 12.9. The smallest absolute Gasteiger partial charge is 0.253 e. The Morgan fingerprint density at radius 3 is 2.70 bits per heavy atom. The summed E-state index contributed by atoms with van der Waals surface area (Å²) in [5.74, 6) is -0.119. The number of benzene rings is 1. The predicted molar refractivity (Wildman–Crippen MR) is 107 cm³/mol. The Balaban J connectivity index is 1.76. The fourth-order valence-corrected chi connectivity index (χ4v) is 3.76. The molecule has 0 radical (unpaired) electrons. The fraction of sp³-hybridized carbons (Fsp3) is 0.619. The van der Waals surface area contributed by atoms with Crippen LogP contribution >= 0.6 is 0 Å². The SMILES string of the molecule is CCCC(=O)Nc1ccc(N2CCCCC2)c(C(=O)NC[C@H]2CCCO2)c1. The van der Waals surface area contributed by atoms with E-state index in [2.05, 4.69) is 15.5 Å². The molecule has 2 N–H and O–H groups in total. The zero-order chi connectivity index (χ0) is 19.1. The Morgan fingerprint density at radius 2 is 2.00 bits per heavy atom. The van der Waals surface area contributed by atoms with Crippen molar-refractivity contribution in [1.29, 1.82) is 0 Å². The van der Waals surface area contributed by atoms with Crippen LogP contribution < -0.4 is 15.5 Å². The zero-order valence-electron chi connectivity index (χ0n) is 16.3. The average Bonchev–Trinajstić information content (AvgIpc) is 3.20. The van der Waals surface area contributed by atoms with E-state index < -0.39 is 0 Å². The van der Waals surface area contributed by atoms with Gasteiger partial charge in [0.05, 0.1) is 11.7 Å². The third-order valence-corrected chi connectivity index (χ3v) is 5.21. The Morgan fingerprint density at radius 1 is 1.19 bits per heavy atom. The standard InChI is InChI=1S/C21H31N3O3/c1-2-7-20(25)23-16-9-10-19(24-11-4-3-5-12-24)18(14-16)21(26)22-15-17-8-6-13-27-17/h9-10,14,17H,2-8,11-13,15H2,1H3,(H,22,26)(H,23,25)/t17-/m1/s1. The first-order chi connectivity index (χ1) is 13.2. The first-order valence-corrected chi connectivity index (χ1v) is 10.3. The van der Waals surface area contributed by atoms with E-state index >= 15 is 0 Å². The molecule has 3 rings (SSSR count). The second-order valence-electron chi connectivity index (χ2n) is 7.42. The van der Waals surface area contributed by atoms with Crippen LogP contribution in [0.3, 0.4) is 0 Å². The molecular formula is C21H31N3O3. The maximum absolute atomic E-state index is 12.9. The molecule has 0 bridgehead atoms. The summed E-state index contributed by atoms with van der Waals surface area (Å²) in [5, 5.41) is 5.93. The van der Waals surface area contributed by atoms with E-state index in [1.54, 1.807) is 0 Å². The third-order valence-electron chi connectivity index (χ3n) is 5.21. The second kappa shape index (κ2) is 9.74. The molecular weight excluding hydrogens is 342 g/mol. The molecule has 6 nitrogen and oxygen atoms in total. The molecule has 148 valence electrons. The van der Waals surface area contributed by atoms with Crippen molar-refractivity contribution in [2.24, 2.45) is 0 Å². The van der Waals surface area contributed by atoms with Crippen molar-refractivity contribution in [2.75, 3.05) is 36.5 Å². The van der Waals surface area contributed by atoms with Crippen LogP contribution in [0.25, 0.3) is 0 Å². The molecule has 0 saturated carbocycles. The molecule has 0 aromatic heterocycles. The van der Waals surface area contributed by atoms with Gasteiger partial charge in [-0.15, -0.1) is 0 Å². The summed E-state index contributed by atoms with van der Waals surface area (Å²) in [7, 11) is 0. The lowest BCUT2D eigenvalue weighted by molar-refractivity contribution is -0.116. The maximum Gasteiger partial charge on any atom is 0.253 e. The molecule has 0 aliphatic carbocycles. The highest BCUT2D eigenvalue weighted by atomic mass is 16.5. The normalized spacial score (nSPS) is 19.7. The van der Waals surface area contributed by atoms with E-state index in [1.165, 1.54) is 6.42 Å². The summed E-state index contributed by atoms with van der Waals surface area (Å²) in [6.45, 7) is 5.22. The lowest BCUT2D eigenvalue weighted by Crippen LogP contribution is -2.35. The van der Waals surface area contributed by atoms with Gasteiger partial charge in [-0.25, -0.2) is 0 Å². The van der Waals surface area contributed by atoms with Gasteiger partial charge in [0.25, 0.3) is 5.91 Å². The van der Waals surface area contributed by atoms with Gasteiger partial charge in [-0.1, -0.05) is 6.92 Å². The van der Waals surface area contributed by atoms with Gasteiger partial charge in [0.15, 0.2) is 0 Å². The van der Waals surface area contributed by atoms with Crippen molar-refractivity contribution < 1.29 is 14.3 Å². The molecule has 1 aromatic carbocycles. The van der Waals surface area contributed by atoms with Crippen molar-refractivity contribution in [3.05, 3.63) is 23.8 Å². The minimum Gasteiger partial charge on any atom is -0.376 e. The molecule has 0 unspecified atom stereocenters. The molecule has 0 spiro atoms. The first-order valence-electron chi connectivity index (χ1n) is 10.3. The van der Waals surface area contributed by atoms with Gasteiger partial charge in [0.1, 0.15) is 0 Å². The van der Waals surface area contributed by atoms with Gasteiger partial charge >= 0.3 is 0 Å². The van der Waals surface area contributed by atoms with Crippen LogP contribution in [-0.2, 0) is 9.53 Å². The Labute approximate surface area is 161 Å². The molecule has 2 amide bonds. The molecule has 2 aliphatic rings. The van der Waals surface area contributed by atoms with Gasteiger partial charge in [-0.3, -0.25) is 9.59 Å². The summed E-state index contributed by atoms with van der Waals surface area (Å²) < 4.78 is 5.61. The lowest BCUT2D eigenvalue weighted by Gasteiger charge is -2.30. The molecule has 6 heteroatoms. The van der Waals surface area contributed by atoms with Crippen molar-refractivity contribution in [3.8, 4) is 0 Å². The highest BCUT2D eigenvalue weighted by Crippen LogP contribution is 2.27. The number of piperidine rings is 1. The number of hydrogen-bond acceptors (Lipinski definition) is 4. The Kier molecular flexibility index (Phi) is 7.10. The van der Waals surface area contributed by atoms with Crippen molar-refractivity contribution >= 4 is 23.2 Å². The Hall–Kier alpha value is -2.08. The highest BCUT2D eigenvalue weighted by Gasteiger charge is 2.21. The number of anilines is 2. The quantitative estimate of drug-likeness (QED) is 0.769. The van der Waals surface area contributed by atoms with Crippen LogP contribution in [0, 0.1) is 0 Å². The summed E-state index contributed by atoms with van der Waals surface area (Å²) in [5.41, 5.74) is 2.26. The minimum atomic E-state index is -0.0994. The molecule has 1 aromatic rings. The fourth-order valence-electron chi connectivity index (χ4n) is 3.76. The van der Waals surface area contributed by atoms with Gasteiger partial charge in [0.2, 0.25) is 5.91 Å². The first kappa shape index (κ1) is 19.7. The van der Waals surface area contributed by atoms with Crippen LogP contribution in [0.1, 0.15) is 62.2 Å². The van der Waals surface area contributed by atoms with Crippen molar-refractivity contribution in [3.63, 3.8) is 0 Å². The van der Waals surface area contributed by atoms with Gasteiger partial charge in [-0.05, 0) is 56.7 Å². The second-order valence-corrected chi connectivity index (χ2v) is 7.42. The van der Waals surface area contributed by atoms with E-state index in [-0.39, 0.29) is 17.9 Å². The van der Waals surface area contributed by atoms with Crippen LogP contribution in [0.5, 0.6) is 0 Å². The number of hydrogen-bond donors (Lipinski definition) is 2. The zero-order valence-corrected chi connectivity index (χ0v) is 16.3. The molecule has 2 fully saturated rings. The summed E-state index contributed by atoms with van der Waals surface area (Å²) >= 11 is 0. The number of carbonyl (C=O) groups is 2. The van der Waals surface area contributed by atoms with E-state index in [4.69, 9.17) is 4.74 Å². The van der Waals surface area contributed by atoms with E-state index in [0.29, 0.717) is 24.2 Å². The van der Waals surface area contributed by atoms with Crippen LogP contribution in [-0.4, -0.2) is 44.2 Å². The van der Waals surface area contributed by atoms with Gasteiger partial charge < -0.3 is 20.3 Å². The lowest BCUT2D eigenvalue weighted by atomic mass is 10.1. The average molecular weight is 373 g/mol. The van der Waals surface area contributed by atoms with E-state index in [0.717, 1.165) is 57.5 Å². The molecule has 2 aliphatic heterocycles. The van der Waals surface area contributed by atoms with E-state index in [1.807, 2.05) is 25.1 Å². The number of carbonyl (C=O) groups excluding carboxylic acids is 2. The topological polar surface area (TPSA) is 70.7 Å². The highest BCUT2D eigenvalue weighted by molar-refractivity contribution is 6.02. The van der Waals surface area contributed by atoms with E-state index in [9.17, 15) is 9.59 Å². The molecule has 1 atom stereocenters. The van der Waals surface area contributed by atoms with Crippen LogP contribution in [0.15, 0.2) is 18.2 Å². The summed E-state index contributed by atoms with van der Waals surface area (Å²) in [4.78, 5) is 27.1.